The lowest BCUT2D eigenvalue weighted by atomic mass is 9.91. The van der Waals surface area contributed by atoms with E-state index in [1.54, 1.807) is 54.5 Å². The maximum Gasteiger partial charge on any atom is 0.261 e. The third-order valence-electron chi connectivity index (χ3n) is 8.70. The number of hydrogen-bond acceptors (Lipinski definition) is 8. The molecule has 1 N–H and O–H groups in total. The minimum Gasteiger partial charge on any atom is -0.392 e. The average molecular weight is 644 g/mol. The molecule has 47 heavy (non-hydrogen) atoms. The van der Waals surface area contributed by atoms with Crippen LogP contribution in [0.15, 0.2) is 121 Å². The number of thioether (sulfide) groups is 1. The van der Waals surface area contributed by atoms with Crippen LogP contribution in [0.4, 0.5) is 0 Å². The van der Waals surface area contributed by atoms with Crippen molar-refractivity contribution in [1.29, 1.82) is 0 Å². The highest BCUT2D eigenvalue weighted by Gasteiger charge is 2.39. The first kappa shape index (κ1) is 31.0. The molecule has 9 heteroatoms. The summed E-state index contributed by atoms with van der Waals surface area (Å²) < 4.78 is 13.2. The smallest absolute Gasteiger partial charge is 0.261 e. The summed E-state index contributed by atoms with van der Waals surface area (Å²) in [5.41, 5.74) is 6.50. The van der Waals surface area contributed by atoms with E-state index in [9.17, 15) is 14.7 Å². The topological polar surface area (TPSA) is 102 Å². The van der Waals surface area contributed by atoms with Gasteiger partial charge < -0.3 is 14.6 Å². The van der Waals surface area contributed by atoms with Crippen LogP contribution in [0.5, 0.6) is 0 Å². The van der Waals surface area contributed by atoms with Crippen molar-refractivity contribution < 1.29 is 24.2 Å². The molecule has 0 bridgehead atoms. The van der Waals surface area contributed by atoms with Crippen molar-refractivity contribution in [2.45, 2.75) is 43.7 Å². The van der Waals surface area contributed by atoms with Gasteiger partial charge in [0.25, 0.3) is 11.8 Å². The van der Waals surface area contributed by atoms with Crippen molar-refractivity contribution in [2.24, 2.45) is 5.92 Å². The van der Waals surface area contributed by atoms with E-state index in [1.165, 1.54) is 4.90 Å². The van der Waals surface area contributed by atoms with Crippen molar-refractivity contribution in [3.8, 4) is 11.1 Å². The van der Waals surface area contributed by atoms with E-state index in [0.29, 0.717) is 22.0 Å². The van der Waals surface area contributed by atoms with Gasteiger partial charge in [-0.05, 0) is 52.1 Å². The number of fused-ring (bicyclic) bond motifs is 1. The first-order chi connectivity index (χ1) is 23.0. The molecule has 4 atom stereocenters. The highest BCUT2D eigenvalue weighted by atomic mass is 32.2. The number of carbonyl (C=O) groups excluding carboxylic acids is 2. The van der Waals surface area contributed by atoms with Crippen molar-refractivity contribution in [3.05, 3.63) is 149 Å². The second-order valence-corrected chi connectivity index (χ2v) is 12.7. The molecule has 8 nitrogen and oxygen atoms in total. The Labute approximate surface area is 277 Å². The zero-order chi connectivity index (χ0) is 32.3. The van der Waals surface area contributed by atoms with Gasteiger partial charge in [0.05, 0.1) is 36.5 Å². The normalized spacial score (nSPS) is 20.8. The highest BCUT2D eigenvalue weighted by Crippen LogP contribution is 2.43. The van der Waals surface area contributed by atoms with E-state index in [1.807, 2.05) is 72.8 Å². The Morgan fingerprint density at radius 2 is 1.43 bits per heavy atom. The fraction of sp³-hybridized carbons (Fsp3) is 0.211. The summed E-state index contributed by atoms with van der Waals surface area (Å²) in [7, 11) is 0. The number of amides is 2. The zero-order valence-corrected chi connectivity index (χ0v) is 26.5. The van der Waals surface area contributed by atoms with Gasteiger partial charge in [0.15, 0.2) is 11.4 Å². The Morgan fingerprint density at radius 3 is 2.11 bits per heavy atom. The summed E-state index contributed by atoms with van der Waals surface area (Å²) in [5, 5.41) is 10.2. The van der Waals surface area contributed by atoms with Crippen LogP contribution in [0.2, 0.25) is 0 Å². The van der Waals surface area contributed by atoms with Gasteiger partial charge >= 0.3 is 0 Å². The molecule has 1 aromatic heterocycles. The molecule has 0 saturated carbocycles. The molecular weight excluding hydrogens is 611 g/mol. The first-order valence-corrected chi connectivity index (χ1v) is 16.5. The summed E-state index contributed by atoms with van der Waals surface area (Å²) in [6, 6.07) is 32.6. The van der Waals surface area contributed by atoms with Gasteiger partial charge in [0.1, 0.15) is 0 Å². The number of carbonyl (C=O) groups is 2. The van der Waals surface area contributed by atoms with Crippen LogP contribution in [-0.2, 0) is 22.6 Å². The van der Waals surface area contributed by atoms with Crippen LogP contribution < -0.4 is 0 Å². The van der Waals surface area contributed by atoms with E-state index in [2.05, 4.69) is 16.9 Å². The number of aromatic nitrogens is 2. The van der Waals surface area contributed by atoms with Crippen molar-refractivity contribution in [2.75, 3.05) is 5.75 Å². The van der Waals surface area contributed by atoms with Gasteiger partial charge in [-0.2, -0.15) is 0 Å². The van der Waals surface area contributed by atoms with Crippen LogP contribution in [0.1, 0.15) is 62.3 Å². The molecule has 2 aliphatic rings. The van der Waals surface area contributed by atoms with E-state index >= 15 is 0 Å². The van der Waals surface area contributed by atoms with Crippen LogP contribution >= 0.6 is 11.8 Å². The molecule has 0 aliphatic carbocycles. The molecule has 236 valence electrons. The second-order valence-electron chi connectivity index (χ2n) is 11.7. The molecule has 2 aliphatic heterocycles. The van der Waals surface area contributed by atoms with Gasteiger partial charge in [0, 0.05) is 29.6 Å². The largest absolute Gasteiger partial charge is 0.392 e. The van der Waals surface area contributed by atoms with E-state index < -0.39 is 6.29 Å². The third-order valence-corrected chi connectivity index (χ3v) is 9.67. The molecule has 1 saturated heterocycles. The molecular formula is C38H33N3O5S. The maximum atomic E-state index is 12.9. The number of nitrogens with zero attached hydrogens (tertiary/aromatic N) is 3. The summed E-state index contributed by atoms with van der Waals surface area (Å²) in [6.07, 6.45) is 2.52. The number of aliphatic hydroxyl groups is 1. The molecule has 0 radical (unpaired) electrons. The van der Waals surface area contributed by atoms with Crippen LogP contribution in [0.3, 0.4) is 0 Å². The van der Waals surface area contributed by atoms with Crippen molar-refractivity contribution >= 4 is 23.6 Å². The van der Waals surface area contributed by atoms with Gasteiger partial charge in [-0.25, -0.2) is 9.97 Å². The van der Waals surface area contributed by atoms with E-state index in [-0.39, 0.29) is 43.1 Å². The fourth-order valence-electron chi connectivity index (χ4n) is 6.07. The Bertz CT molecular complexity index is 1850. The minimum absolute atomic E-state index is 0.0124. The summed E-state index contributed by atoms with van der Waals surface area (Å²) in [5.74, 6) is 0.177. The molecule has 5 aromatic rings. The molecule has 0 spiro atoms. The number of ether oxygens (including phenoxy) is 2. The van der Waals surface area contributed by atoms with Crippen molar-refractivity contribution in [3.63, 3.8) is 0 Å². The lowest BCUT2D eigenvalue weighted by Crippen LogP contribution is -2.38. The Kier molecular flexibility index (Phi) is 8.95. The number of hydrogen-bond donors (Lipinski definition) is 1. The Balaban J connectivity index is 1.10. The zero-order valence-electron chi connectivity index (χ0n) is 25.7. The highest BCUT2D eigenvalue weighted by molar-refractivity contribution is 7.99. The molecule has 4 aromatic carbocycles. The number of aliphatic hydroxyl groups excluding tert-OH is 1. The van der Waals surface area contributed by atoms with Crippen LogP contribution in [0, 0.1) is 5.92 Å². The predicted octanol–water partition coefficient (Wildman–Crippen LogP) is 7.02. The summed E-state index contributed by atoms with van der Waals surface area (Å²) >= 11 is 1.56. The Morgan fingerprint density at radius 1 is 0.745 bits per heavy atom. The van der Waals surface area contributed by atoms with Gasteiger partial charge in [0.2, 0.25) is 0 Å². The van der Waals surface area contributed by atoms with Gasteiger partial charge in [-0.1, -0.05) is 97.5 Å². The third kappa shape index (κ3) is 6.48. The standard InChI is InChI=1S/C38H33N3O5S/c1-24-33(23-47-38-39-18-5-19-40-38)45-37(46-34(24)28-12-10-25(22-42)11-13-28)29-16-14-27(15-17-29)30-7-4-6-26(20-30)21-41-35(43)31-8-2-3-9-32(31)36(41)44/h2-20,24,33-34,37,42H,21-23H2,1H3/t24-,33+,34+,37+/m0/s1. The van der Waals surface area contributed by atoms with Crippen molar-refractivity contribution in [1.82, 2.24) is 14.9 Å². The first-order valence-electron chi connectivity index (χ1n) is 15.5. The SMILES string of the molecule is C[C@H]1[C@@H](CSc2ncccn2)O[C@@H](c2ccc(-c3cccc(CN4C(=O)c5ccccc5C4=O)c3)cc2)O[C@H]1c1ccc(CO)cc1. The van der Waals surface area contributed by atoms with Crippen LogP contribution in [0.25, 0.3) is 11.1 Å². The quantitative estimate of drug-likeness (QED) is 0.104. The monoisotopic (exact) mass is 643 g/mol. The lowest BCUT2D eigenvalue weighted by molar-refractivity contribution is -0.268. The fourth-order valence-corrected chi connectivity index (χ4v) is 7.04. The van der Waals surface area contributed by atoms with Gasteiger partial charge in [-0.3, -0.25) is 14.5 Å². The second kappa shape index (κ2) is 13.6. The molecule has 2 amide bonds. The van der Waals surface area contributed by atoms with E-state index in [4.69, 9.17) is 9.47 Å². The van der Waals surface area contributed by atoms with E-state index in [0.717, 1.165) is 33.4 Å². The molecule has 7 rings (SSSR count). The maximum absolute atomic E-state index is 12.9. The average Bonchev–Trinajstić information content (AvgIpc) is 3.36. The lowest BCUT2D eigenvalue weighted by Gasteiger charge is -2.41. The molecule has 1 fully saturated rings. The number of benzene rings is 4. The molecule has 3 heterocycles. The van der Waals surface area contributed by atoms with Crippen LogP contribution in [-0.4, -0.2) is 43.6 Å². The predicted molar refractivity (Wildman–Crippen MR) is 178 cm³/mol. The Hall–Kier alpha value is -4.67. The number of imide groups is 1. The minimum atomic E-state index is -0.592. The molecule has 0 unspecified atom stereocenters. The number of rotatable bonds is 9. The van der Waals surface area contributed by atoms with Gasteiger partial charge in [-0.15, -0.1) is 0 Å². The summed E-state index contributed by atoms with van der Waals surface area (Å²) in [4.78, 5) is 35.9. The summed E-state index contributed by atoms with van der Waals surface area (Å²) in [6.45, 7) is 2.33.